The topological polar surface area (TPSA) is 94.9 Å². The van der Waals surface area contributed by atoms with E-state index < -0.39 is 5.91 Å². The minimum absolute atomic E-state index is 0.190. The average Bonchev–Trinajstić information content (AvgIpc) is 3.40. The normalized spacial score (nSPS) is 10.4. The number of ether oxygens (including phenoxy) is 3. The van der Waals surface area contributed by atoms with Gasteiger partial charge in [-0.3, -0.25) is 19.5 Å². The van der Waals surface area contributed by atoms with Gasteiger partial charge in [-0.1, -0.05) is 6.08 Å². The molecule has 0 saturated carbocycles. The Kier molecular flexibility index (Phi) is 8.63. The molecule has 39 heavy (non-hydrogen) atoms. The first-order valence-electron chi connectivity index (χ1n) is 12.2. The van der Waals surface area contributed by atoms with Crippen molar-refractivity contribution in [1.82, 2.24) is 14.5 Å². The lowest BCUT2D eigenvalue weighted by Gasteiger charge is -2.21. The number of hydrogen-bond acceptors (Lipinski definition) is 6. The van der Waals surface area contributed by atoms with Crippen LogP contribution in [-0.2, 0) is 4.79 Å². The highest BCUT2D eigenvalue weighted by Crippen LogP contribution is 2.27. The van der Waals surface area contributed by atoms with Gasteiger partial charge in [-0.05, 0) is 72.8 Å². The molecule has 3 aromatic carbocycles. The molecule has 0 atom stereocenters. The number of anilines is 1. The number of hydrogen-bond donors (Lipinski definition) is 1. The van der Waals surface area contributed by atoms with E-state index in [-0.39, 0.29) is 19.0 Å². The molecule has 1 aromatic heterocycles. The molecule has 1 N–H and O–H groups in total. The minimum Gasteiger partial charge on any atom is -0.497 e. The monoisotopic (exact) mass is 526 g/mol. The number of nitrogens with one attached hydrogen (secondary N) is 1. The van der Waals surface area contributed by atoms with Crippen LogP contribution in [0.5, 0.6) is 17.2 Å². The van der Waals surface area contributed by atoms with Gasteiger partial charge in [0.25, 0.3) is 5.91 Å². The van der Waals surface area contributed by atoms with Gasteiger partial charge in [-0.25, -0.2) is 4.98 Å². The van der Waals surface area contributed by atoms with Gasteiger partial charge < -0.3 is 19.1 Å². The first kappa shape index (κ1) is 27.0. The maximum atomic E-state index is 13.2. The van der Waals surface area contributed by atoms with Gasteiger partial charge in [0.2, 0.25) is 11.9 Å². The largest absolute Gasteiger partial charge is 0.497 e. The molecular formula is C30H30N4O5. The zero-order valence-corrected chi connectivity index (χ0v) is 22.1. The highest BCUT2D eigenvalue weighted by molar-refractivity contribution is 5.99. The quantitative estimate of drug-likeness (QED) is 0.281. The Morgan fingerprint density at radius 1 is 0.872 bits per heavy atom. The van der Waals surface area contributed by atoms with E-state index in [1.807, 2.05) is 54.7 Å². The van der Waals surface area contributed by atoms with Crippen LogP contribution in [0.1, 0.15) is 10.4 Å². The van der Waals surface area contributed by atoms with Crippen LogP contribution < -0.4 is 19.5 Å². The summed E-state index contributed by atoms with van der Waals surface area (Å²) >= 11 is 0. The molecule has 0 aliphatic rings. The van der Waals surface area contributed by atoms with Crippen molar-refractivity contribution < 1.29 is 23.8 Å². The molecule has 0 unspecified atom stereocenters. The minimum atomic E-state index is -0.402. The lowest BCUT2D eigenvalue weighted by molar-refractivity contribution is -0.116. The van der Waals surface area contributed by atoms with E-state index in [0.29, 0.717) is 28.7 Å². The van der Waals surface area contributed by atoms with E-state index >= 15 is 0 Å². The highest BCUT2D eigenvalue weighted by Gasteiger charge is 2.20. The molecule has 4 aromatic rings. The number of rotatable bonds is 11. The Labute approximate surface area is 227 Å². The molecule has 1 heterocycles. The predicted octanol–water partition coefficient (Wildman–Crippen LogP) is 4.83. The van der Waals surface area contributed by atoms with Crippen molar-refractivity contribution in [2.75, 3.05) is 39.7 Å². The summed E-state index contributed by atoms with van der Waals surface area (Å²) in [6.07, 6.45) is 3.41. The molecule has 9 heteroatoms. The lowest BCUT2D eigenvalue weighted by atomic mass is 10.1. The van der Waals surface area contributed by atoms with Crippen molar-refractivity contribution in [1.29, 1.82) is 0 Å². The zero-order valence-electron chi connectivity index (χ0n) is 22.1. The number of amides is 2. The highest BCUT2D eigenvalue weighted by atomic mass is 16.5. The first-order valence-corrected chi connectivity index (χ1v) is 12.2. The standard InChI is InChI=1S/C30H30N4O5/c1-5-18-33(29(36)22-8-14-25(38-3)15-9-22)20-28(35)32-30-31-27(21-6-12-24(37-2)13-7-21)19-34(30)23-10-16-26(39-4)17-11-23/h5-17,19H,1,18,20H2,2-4H3,(H,31,32,35). The van der Waals surface area contributed by atoms with Gasteiger partial charge in [0.15, 0.2) is 0 Å². The van der Waals surface area contributed by atoms with Gasteiger partial charge >= 0.3 is 0 Å². The third-order valence-electron chi connectivity index (χ3n) is 6.00. The van der Waals surface area contributed by atoms with Crippen molar-refractivity contribution in [2.24, 2.45) is 0 Å². The molecule has 0 aliphatic carbocycles. The van der Waals surface area contributed by atoms with Crippen LogP contribution in [0, 0.1) is 0 Å². The van der Waals surface area contributed by atoms with Crippen molar-refractivity contribution in [3.63, 3.8) is 0 Å². The third-order valence-corrected chi connectivity index (χ3v) is 6.00. The summed E-state index contributed by atoms with van der Waals surface area (Å²) in [4.78, 5) is 32.4. The summed E-state index contributed by atoms with van der Waals surface area (Å²) in [5.74, 6) is 1.68. The Morgan fingerprint density at radius 3 is 1.95 bits per heavy atom. The summed E-state index contributed by atoms with van der Waals surface area (Å²) in [7, 11) is 4.76. The molecule has 4 rings (SSSR count). The van der Waals surface area contributed by atoms with Crippen LogP contribution in [0.25, 0.3) is 16.9 Å². The van der Waals surface area contributed by atoms with Gasteiger partial charge in [-0.2, -0.15) is 0 Å². The maximum Gasteiger partial charge on any atom is 0.254 e. The Bertz CT molecular complexity index is 1430. The molecule has 0 bridgehead atoms. The van der Waals surface area contributed by atoms with Gasteiger partial charge in [0.1, 0.15) is 23.8 Å². The van der Waals surface area contributed by atoms with Crippen molar-refractivity contribution in [3.05, 3.63) is 97.2 Å². The van der Waals surface area contributed by atoms with E-state index in [4.69, 9.17) is 19.2 Å². The van der Waals surface area contributed by atoms with Crippen LogP contribution >= 0.6 is 0 Å². The number of carbonyl (C=O) groups excluding carboxylic acids is 2. The number of imidazole rings is 1. The van der Waals surface area contributed by atoms with E-state index in [0.717, 1.165) is 17.0 Å². The fourth-order valence-electron chi connectivity index (χ4n) is 3.94. The number of benzene rings is 3. The second-order valence-electron chi connectivity index (χ2n) is 8.50. The second-order valence-corrected chi connectivity index (χ2v) is 8.50. The Hall–Kier alpha value is -5.05. The molecule has 200 valence electrons. The van der Waals surface area contributed by atoms with Gasteiger partial charge in [-0.15, -0.1) is 6.58 Å². The average molecular weight is 527 g/mol. The van der Waals surface area contributed by atoms with Crippen LogP contribution in [-0.4, -0.2) is 60.7 Å². The van der Waals surface area contributed by atoms with Crippen LogP contribution in [0.3, 0.4) is 0 Å². The Balaban J connectivity index is 1.60. The van der Waals surface area contributed by atoms with E-state index in [1.165, 1.54) is 4.90 Å². The van der Waals surface area contributed by atoms with Crippen LogP contribution in [0.15, 0.2) is 91.6 Å². The number of aromatic nitrogens is 2. The predicted molar refractivity (Wildman–Crippen MR) is 150 cm³/mol. The van der Waals surface area contributed by atoms with E-state index in [9.17, 15) is 9.59 Å². The molecule has 2 amide bonds. The fourth-order valence-corrected chi connectivity index (χ4v) is 3.94. The molecule has 0 fully saturated rings. The molecule has 9 nitrogen and oxygen atoms in total. The summed E-state index contributed by atoms with van der Waals surface area (Å²) in [6.45, 7) is 3.74. The van der Waals surface area contributed by atoms with Crippen molar-refractivity contribution in [3.8, 4) is 34.2 Å². The van der Waals surface area contributed by atoms with E-state index in [2.05, 4.69) is 11.9 Å². The van der Waals surface area contributed by atoms with Crippen molar-refractivity contribution in [2.45, 2.75) is 0 Å². The van der Waals surface area contributed by atoms with E-state index in [1.54, 1.807) is 56.2 Å². The van der Waals surface area contributed by atoms with Gasteiger partial charge in [0, 0.05) is 29.6 Å². The summed E-state index contributed by atoms with van der Waals surface area (Å²) in [5, 5.41) is 2.87. The second kappa shape index (κ2) is 12.5. The molecular weight excluding hydrogens is 496 g/mol. The molecule has 0 saturated heterocycles. The SMILES string of the molecule is C=CCN(CC(=O)Nc1nc(-c2ccc(OC)cc2)cn1-c1ccc(OC)cc1)C(=O)c1ccc(OC)cc1. The Morgan fingerprint density at radius 2 is 1.41 bits per heavy atom. The lowest BCUT2D eigenvalue weighted by Crippen LogP contribution is -2.38. The van der Waals surface area contributed by atoms with Gasteiger partial charge in [0.05, 0.1) is 27.0 Å². The number of nitrogens with zero attached hydrogens (tertiary/aromatic N) is 3. The number of methoxy groups -OCH3 is 3. The third kappa shape index (κ3) is 6.45. The zero-order chi connectivity index (χ0) is 27.8. The number of carbonyl (C=O) groups is 2. The maximum absolute atomic E-state index is 13.2. The van der Waals surface area contributed by atoms with Crippen LogP contribution in [0.2, 0.25) is 0 Å². The molecule has 0 spiro atoms. The summed E-state index contributed by atoms with van der Waals surface area (Å²) in [5.41, 5.74) is 2.71. The summed E-state index contributed by atoms with van der Waals surface area (Å²) in [6, 6.07) is 21.6. The van der Waals surface area contributed by atoms with Crippen LogP contribution in [0.4, 0.5) is 5.95 Å². The van der Waals surface area contributed by atoms with Crippen molar-refractivity contribution >= 4 is 17.8 Å². The fraction of sp³-hybridized carbons (Fsp3) is 0.167. The molecule has 0 aliphatic heterocycles. The first-order chi connectivity index (χ1) is 18.9. The smallest absolute Gasteiger partial charge is 0.254 e. The molecule has 0 radical (unpaired) electrons. The summed E-state index contributed by atoms with van der Waals surface area (Å²) < 4.78 is 17.5.